The van der Waals surface area contributed by atoms with Gasteiger partial charge in [-0.1, -0.05) is 60.7 Å². The lowest BCUT2D eigenvalue weighted by atomic mass is 9.93. The molecule has 1 aliphatic rings. The highest BCUT2D eigenvalue weighted by atomic mass is 16.5. The molecule has 2 heterocycles. The van der Waals surface area contributed by atoms with Crippen LogP contribution in [-0.2, 0) is 0 Å². The van der Waals surface area contributed by atoms with Crippen molar-refractivity contribution in [2.45, 2.75) is 18.5 Å². The van der Waals surface area contributed by atoms with Crippen LogP contribution in [0.3, 0.4) is 0 Å². The number of anilines is 2. The molecule has 0 radical (unpaired) electrons. The van der Waals surface area contributed by atoms with E-state index in [4.69, 9.17) is 9.47 Å². The number of hydrogen-bond acceptors (Lipinski definition) is 6. The number of nitrogens with one attached hydrogen (secondary N) is 2. The smallest absolute Gasteiger partial charge is 0.258 e. The van der Waals surface area contributed by atoms with Crippen LogP contribution in [0.4, 0.5) is 11.9 Å². The summed E-state index contributed by atoms with van der Waals surface area (Å²) in [6, 6.07) is 25.5. The van der Waals surface area contributed by atoms with Crippen molar-refractivity contribution >= 4 is 17.8 Å². The second kappa shape index (κ2) is 9.27. The van der Waals surface area contributed by atoms with Gasteiger partial charge in [0, 0.05) is 5.56 Å². The summed E-state index contributed by atoms with van der Waals surface area (Å²) in [4.78, 5) is 17.5. The first kappa shape index (κ1) is 21.5. The average Bonchev–Trinajstić information content (AvgIpc) is 3.30. The lowest BCUT2D eigenvalue weighted by Gasteiger charge is -2.31. The first-order valence-corrected chi connectivity index (χ1v) is 11.0. The maximum Gasteiger partial charge on any atom is 0.258 e. The maximum atomic E-state index is 12.9. The minimum atomic E-state index is -0.334. The van der Waals surface area contributed by atoms with E-state index in [-0.39, 0.29) is 23.9 Å². The molecule has 0 spiro atoms. The molecule has 8 nitrogen and oxygen atoms in total. The van der Waals surface area contributed by atoms with Gasteiger partial charge in [-0.05, 0) is 35.7 Å². The Hall–Kier alpha value is -4.33. The van der Waals surface area contributed by atoms with E-state index in [1.165, 1.54) is 12.7 Å². The zero-order valence-electron chi connectivity index (χ0n) is 18.9. The largest absolute Gasteiger partial charge is 0.493 e. The van der Waals surface area contributed by atoms with E-state index in [2.05, 4.69) is 45.0 Å². The summed E-state index contributed by atoms with van der Waals surface area (Å²) in [5, 5.41) is 10.9. The summed E-state index contributed by atoms with van der Waals surface area (Å²) >= 11 is 0. The van der Waals surface area contributed by atoms with E-state index in [1.807, 2.05) is 41.1 Å². The highest BCUT2D eigenvalue weighted by Crippen LogP contribution is 2.38. The number of fused-ring (bicyclic) bond motifs is 1. The molecule has 34 heavy (non-hydrogen) atoms. The van der Waals surface area contributed by atoms with Crippen molar-refractivity contribution in [2.24, 2.45) is 0 Å². The van der Waals surface area contributed by atoms with Gasteiger partial charge < -0.3 is 14.8 Å². The van der Waals surface area contributed by atoms with Crippen molar-refractivity contribution in [3.05, 3.63) is 95.6 Å². The van der Waals surface area contributed by atoms with E-state index in [1.54, 1.807) is 25.3 Å². The summed E-state index contributed by atoms with van der Waals surface area (Å²) in [5.74, 6) is 1.54. The molecule has 2 unspecified atom stereocenters. The van der Waals surface area contributed by atoms with Crippen LogP contribution >= 0.6 is 0 Å². The normalized spacial score (nSPS) is 16.8. The van der Waals surface area contributed by atoms with Gasteiger partial charge in [-0.2, -0.15) is 4.98 Å². The highest BCUT2D eigenvalue weighted by molar-refractivity contribution is 6.03. The molecule has 0 saturated heterocycles. The van der Waals surface area contributed by atoms with Gasteiger partial charge in [0.2, 0.25) is 5.95 Å². The first-order chi connectivity index (χ1) is 16.7. The number of nitrogens with zero attached hydrogens (tertiary/aromatic N) is 3. The van der Waals surface area contributed by atoms with Crippen molar-refractivity contribution in [3.8, 4) is 11.5 Å². The molecule has 3 aromatic carbocycles. The zero-order valence-corrected chi connectivity index (χ0v) is 18.9. The van der Waals surface area contributed by atoms with Crippen LogP contribution in [0, 0.1) is 0 Å². The number of carbonyl (C=O) groups is 1. The van der Waals surface area contributed by atoms with Gasteiger partial charge in [-0.25, -0.2) is 4.68 Å². The second-order valence-electron chi connectivity index (χ2n) is 8.00. The third-order valence-electron chi connectivity index (χ3n) is 5.95. The lowest BCUT2D eigenvalue weighted by Crippen LogP contribution is -2.28. The van der Waals surface area contributed by atoms with Gasteiger partial charge in [-0.3, -0.25) is 10.1 Å². The van der Waals surface area contributed by atoms with E-state index in [0.717, 1.165) is 12.0 Å². The molecule has 2 atom stereocenters. The van der Waals surface area contributed by atoms with Crippen LogP contribution in [0.2, 0.25) is 0 Å². The van der Waals surface area contributed by atoms with Crippen molar-refractivity contribution in [2.75, 3.05) is 24.9 Å². The van der Waals surface area contributed by atoms with Gasteiger partial charge in [0.05, 0.1) is 26.3 Å². The molecule has 1 aliphatic heterocycles. The quantitative estimate of drug-likeness (QED) is 0.438. The molecule has 0 bridgehead atoms. The van der Waals surface area contributed by atoms with Gasteiger partial charge >= 0.3 is 0 Å². The molecule has 0 aliphatic carbocycles. The summed E-state index contributed by atoms with van der Waals surface area (Å²) in [7, 11) is 3.08. The molecule has 0 fully saturated rings. The monoisotopic (exact) mass is 455 g/mol. The highest BCUT2D eigenvalue weighted by Gasteiger charge is 2.31. The van der Waals surface area contributed by atoms with Crippen molar-refractivity contribution in [1.29, 1.82) is 0 Å². The van der Waals surface area contributed by atoms with Gasteiger partial charge in [-0.15, -0.1) is 5.10 Å². The summed E-state index contributed by atoms with van der Waals surface area (Å²) in [6.45, 7) is 0. The Morgan fingerprint density at radius 2 is 1.62 bits per heavy atom. The fourth-order valence-corrected chi connectivity index (χ4v) is 4.24. The predicted molar refractivity (Wildman–Crippen MR) is 130 cm³/mol. The average molecular weight is 456 g/mol. The van der Waals surface area contributed by atoms with E-state index in [0.29, 0.717) is 23.0 Å². The van der Waals surface area contributed by atoms with Crippen LogP contribution in [0.25, 0.3) is 0 Å². The Morgan fingerprint density at radius 3 is 2.29 bits per heavy atom. The van der Waals surface area contributed by atoms with Crippen LogP contribution in [0.5, 0.6) is 11.5 Å². The molecule has 5 rings (SSSR count). The minimum absolute atomic E-state index is 0.0260. The van der Waals surface area contributed by atoms with Crippen LogP contribution in [0.1, 0.15) is 40.0 Å². The van der Waals surface area contributed by atoms with Gasteiger partial charge in [0.1, 0.15) is 0 Å². The van der Waals surface area contributed by atoms with Gasteiger partial charge in [0.15, 0.2) is 11.5 Å². The molecular formula is C26H25N5O3. The van der Waals surface area contributed by atoms with E-state index in [9.17, 15) is 4.79 Å². The lowest BCUT2D eigenvalue weighted by molar-refractivity contribution is 0.102. The molecule has 4 aromatic rings. The fourth-order valence-electron chi connectivity index (χ4n) is 4.24. The SMILES string of the molecule is COc1ccc(C(=O)Nc2nc3n(n2)C(c2ccccc2)CC(c2ccccc2)N3)cc1OC. The first-order valence-electron chi connectivity index (χ1n) is 11.0. The van der Waals surface area contributed by atoms with Crippen LogP contribution in [-0.4, -0.2) is 34.9 Å². The van der Waals surface area contributed by atoms with Crippen molar-refractivity contribution < 1.29 is 14.3 Å². The maximum absolute atomic E-state index is 12.9. The molecule has 2 N–H and O–H groups in total. The number of amides is 1. The van der Waals surface area contributed by atoms with E-state index < -0.39 is 0 Å². The number of ether oxygens (including phenoxy) is 2. The Balaban J connectivity index is 1.45. The van der Waals surface area contributed by atoms with Crippen molar-refractivity contribution in [3.63, 3.8) is 0 Å². The molecule has 1 aromatic heterocycles. The predicted octanol–water partition coefficient (Wildman–Crippen LogP) is 4.69. The Labute approximate surface area is 197 Å². The fraction of sp³-hybridized carbons (Fsp3) is 0.192. The van der Waals surface area contributed by atoms with Crippen LogP contribution in [0.15, 0.2) is 78.9 Å². The summed E-state index contributed by atoms with van der Waals surface area (Å²) < 4.78 is 12.4. The van der Waals surface area contributed by atoms with Crippen molar-refractivity contribution in [1.82, 2.24) is 14.8 Å². The molecule has 172 valence electrons. The Morgan fingerprint density at radius 1 is 0.941 bits per heavy atom. The molecule has 1 amide bonds. The van der Waals surface area contributed by atoms with Crippen LogP contribution < -0.4 is 20.1 Å². The number of hydrogen-bond donors (Lipinski definition) is 2. The number of aromatic nitrogens is 3. The third-order valence-corrected chi connectivity index (χ3v) is 5.95. The number of benzene rings is 3. The Kier molecular flexibility index (Phi) is 5.86. The number of methoxy groups -OCH3 is 2. The Bertz CT molecular complexity index is 1290. The molecule has 8 heteroatoms. The minimum Gasteiger partial charge on any atom is -0.493 e. The topological polar surface area (TPSA) is 90.3 Å². The van der Waals surface area contributed by atoms with Gasteiger partial charge in [0.25, 0.3) is 11.9 Å². The number of carbonyl (C=O) groups excluding carboxylic acids is 1. The summed E-state index contributed by atoms with van der Waals surface area (Å²) in [5.41, 5.74) is 2.72. The third kappa shape index (κ3) is 4.17. The standard InChI is InChI=1S/C26H25N5O3/c1-33-22-14-13-19(15-23(22)34-2)24(32)28-25-29-26-27-20(17-9-5-3-6-10-17)16-21(31(26)30-25)18-11-7-4-8-12-18/h3-15,20-21H,16H2,1-2H3,(H2,27,28,29,30,32). The summed E-state index contributed by atoms with van der Waals surface area (Å²) in [6.07, 6.45) is 0.799. The number of rotatable bonds is 6. The van der Waals surface area contributed by atoms with E-state index >= 15 is 0 Å². The zero-order chi connectivity index (χ0) is 23.5. The second-order valence-corrected chi connectivity index (χ2v) is 8.00. The molecule has 0 saturated carbocycles. The molecular weight excluding hydrogens is 430 g/mol.